The number of nitrogens with zero attached hydrogens (tertiary/aromatic N) is 1. The maximum Gasteiger partial charge on any atom is 0.250 e. The third kappa shape index (κ3) is 0.752. The van der Waals surface area contributed by atoms with Crippen LogP contribution in [0.1, 0.15) is 10.4 Å². The lowest BCUT2D eigenvalue weighted by molar-refractivity contribution is 0.100. The number of aromatic nitrogens is 1. The van der Waals surface area contributed by atoms with Crippen LogP contribution in [0, 0.1) is 0 Å². The number of halogens is 1. The number of primary amides is 1. The van der Waals surface area contributed by atoms with Gasteiger partial charge in [0, 0.05) is 11.8 Å². The van der Waals surface area contributed by atoms with Gasteiger partial charge in [-0.3, -0.25) is 9.78 Å². The molecule has 2 N–H and O–H groups in total. The SMILES string of the molecule is Cl.NC(=O)c1cnc2cc1-2. The van der Waals surface area contributed by atoms with Crippen LogP contribution in [-0.4, -0.2) is 10.9 Å². The van der Waals surface area contributed by atoms with E-state index >= 15 is 0 Å². The lowest BCUT2D eigenvalue weighted by Crippen LogP contribution is -2.09. The van der Waals surface area contributed by atoms with Crippen molar-refractivity contribution in [1.82, 2.24) is 4.98 Å². The highest BCUT2D eigenvalue weighted by atomic mass is 35.5. The van der Waals surface area contributed by atoms with Crippen LogP contribution in [0.2, 0.25) is 0 Å². The Labute approximate surface area is 63.7 Å². The summed E-state index contributed by atoms with van der Waals surface area (Å²) in [5.74, 6) is -0.391. The molecule has 1 aliphatic heterocycles. The van der Waals surface area contributed by atoms with Gasteiger partial charge >= 0.3 is 0 Å². The van der Waals surface area contributed by atoms with E-state index in [1.165, 1.54) is 6.20 Å². The summed E-state index contributed by atoms with van der Waals surface area (Å²) in [7, 11) is 0. The predicted molar refractivity (Wildman–Crippen MR) is 39.0 cm³/mol. The van der Waals surface area contributed by atoms with Gasteiger partial charge in [-0.05, 0) is 6.07 Å². The molecule has 52 valence electrons. The van der Waals surface area contributed by atoms with E-state index in [2.05, 4.69) is 4.98 Å². The van der Waals surface area contributed by atoms with Crippen molar-refractivity contribution < 1.29 is 4.79 Å². The largest absolute Gasteiger partial charge is 0.366 e. The summed E-state index contributed by atoms with van der Waals surface area (Å²) in [6, 6.07) is 1.83. The fraction of sp³-hybridized carbons (Fsp3) is 0. The van der Waals surface area contributed by atoms with Crippen molar-refractivity contribution in [2.24, 2.45) is 5.73 Å². The number of carbonyl (C=O) groups excluding carboxylic acids is 1. The molecule has 0 saturated heterocycles. The fourth-order valence-electron chi connectivity index (χ4n) is 0.823. The van der Waals surface area contributed by atoms with Crippen molar-refractivity contribution >= 4 is 18.3 Å². The normalized spacial score (nSPS) is 10.0. The number of fused-ring (bicyclic) bond motifs is 1. The molecule has 3 nitrogen and oxygen atoms in total. The number of nitrogens with two attached hydrogens (primary N) is 1. The Morgan fingerprint density at radius 2 is 2.30 bits per heavy atom. The minimum Gasteiger partial charge on any atom is -0.366 e. The first kappa shape index (κ1) is 7.02. The summed E-state index contributed by atoms with van der Waals surface area (Å²) >= 11 is 0. The molecule has 0 atom stereocenters. The molecule has 0 aromatic rings. The maximum absolute atomic E-state index is 10.5. The van der Waals surface area contributed by atoms with Gasteiger partial charge in [-0.25, -0.2) is 0 Å². The van der Waals surface area contributed by atoms with Gasteiger partial charge in [-0.15, -0.1) is 12.4 Å². The van der Waals surface area contributed by atoms with Crippen molar-refractivity contribution in [3.8, 4) is 11.3 Å². The van der Waals surface area contributed by atoms with E-state index in [0.29, 0.717) is 5.56 Å². The summed E-state index contributed by atoms with van der Waals surface area (Å²) in [4.78, 5) is 14.4. The molecule has 0 aromatic heterocycles. The van der Waals surface area contributed by atoms with Crippen LogP contribution in [0.15, 0.2) is 12.3 Å². The summed E-state index contributed by atoms with van der Waals surface area (Å²) in [6.45, 7) is 0. The second kappa shape index (κ2) is 1.95. The number of hydrogen-bond acceptors (Lipinski definition) is 2. The van der Waals surface area contributed by atoms with E-state index in [1.807, 2.05) is 6.07 Å². The lowest BCUT2D eigenvalue weighted by Gasteiger charge is -1.82. The van der Waals surface area contributed by atoms with Crippen molar-refractivity contribution in [3.63, 3.8) is 0 Å². The minimum absolute atomic E-state index is 0. The minimum atomic E-state index is -0.391. The molecule has 0 radical (unpaired) electrons. The second-order valence-electron chi connectivity index (χ2n) is 1.98. The molecule has 2 aliphatic rings. The third-order valence-electron chi connectivity index (χ3n) is 1.36. The molecular formula is C6H5ClN2O. The van der Waals surface area contributed by atoms with Gasteiger partial charge < -0.3 is 5.73 Å². The highest BCUT2D eigenvalue weighted by molar-refractivity contribution is 6.03. The van der Waals surface area contributed by atoms with Gasteiger partial charge in [0.2, 0.25) is 0 Å². The van der Waals surface area contributed by atoms with E-state index in [4.69, 9.17) is 5.73 Å². The van der Waals surface area contributed by atoms with Crippen LogP contribution < -0.4 is 5.73 Å². The Morgan fingerprint density at radius 1 is 1.60 bits per heavy atom. The molecule has 1 amide bonds. The molecule has 0 bridgehead atoms. The average Bonchev–Trinajstić information content (AvgIpc) is 2.43. The van der Waals surface area contributed by atoms with Crippen LogP contribution in [-0.2, 0) is 0 Å². The van der Waals surface area contributed by atoms with Crippen molar-refractivity contribution in [2.45, 2.75) is 0 Å². The van der Waals surface area contributed by atoms with Crippen molar-refractivity contribution in [1.29, 1.82) is 0 Å². The smallest absolute Gasteiger partial charge is 0.250 e. The Hall–Kier alpha value is -1.09. The molecule has 0 unspecified atom stereocenters. The van der Waals surface area contributed by atoms with Crippen molar-refractivity contribution in [2.75, 3.05) is 0 Å². The average molecular weight is 157 g/mol. The molecule has 4 heteroatoms. The molecule has 2 rings (SSSR count). The number of rotatable bonds is 1. The van der Waals surface area contributed by atoms with Crippen molar-refractivity contribution in [3.05, 3.63) is 17.8 Å². The summed E-state index contributed by atoms with van der Waals surface area (Å²) in [5.41, 5.74) is 7.37. The monoisotopic (exact) mass is 156 g/mol. The molecular weight excluding hydrogens is 152 g/mol. The molecule has 0 fully saturated rings. The molecule has 0 spiro atoms. The van der Waals surface area contributed by atoms with Crippen LogP contribution in [0.5, 0.6) is 0 Å². The van der Waals surface area contributed by atoms with Gasteiger partial charge in [0.1, 0.15) is 0 Å². The van der Waals surface area contributed by atoms with E-state index < -0.39 is 5.91 Å². The number of hydrogen-bond donors (Lipinski definition) is 1. The predicted octanol–water partition coefficient (Wildman–Crippen LogP) is 0.583. The standard InChI is InChI=1S/C6H4N2O.ClH/c7-6(9)4-2-8-5-1-3(4)5;/h1-2H,(H2,7,9);1H. The number of carbonyl (C=O) groups is 1. The zero-order valence-electron chi connectivity index (χ0n) is 5.00. The van der Waals surface area contributed by atoms with Gasteiger partial charge in [0.15, 0.2) is 0 Å². The molecule has 0 saturated carbocycles. The Bertz CT molecular complexity index is 298. The summed E-state index contributed by atoms with van der Waals surface area (Å²) < 4.78 is 0. The van der Waals surface area contributed by atoms with E-state index in [9.17, 15) is 4.79 Å². The molecule has 0 aromatic carbocycles. The van der Waals surface area contributed by atoms with Crippen LogP contribution in [0.3, 0.4) is 0 Å². The third-order valence-corrected chi connectivity index (χ3v) is 1.36. The number of amides is 1. The van der Waals surface area contributed by atoms with Crippen LogP contribution in [0.4, 0.5) is 0 Å². The van der Waals surface area contributed by atoms with Crippen LogP contribution >= 0.6 is 12.4 Å². The van der Waals surface area contributed by atoms with Gasteiger partial charge in [-0.2, -0.15) is 0 Å². The molecule has 1 heterocycles. The molecule has 1 aliphatic carbocycles. The Kier molecular flexibility index (Phi) is 1.37. The first-order valence-corrected chi connectivity index (χ1v) is 2.59. The van der Waals surface area contributed by atoms with Gasteiger partial charge in [-0.1, -0.05) is 0 Å². The molecule has 10 heavy (non-hydrogen) atoms. The zero-order valence-corrected chi connectivity index (χ0v) is 5.81. The topological polar surface area (TPSA) is 56.0 Å². The van der Waals surface area contributed by atoms with E-state index in [0.717, 1.165) is 11.3 Å². The highest BCUT2D eigenvalue weighted by Gasteiger charge is 2.21. The first-order chi connectivity index (χ1) is 4.29. The maximum atomic E-state index is 10.5. The van der Waals surface area contributed by atoms with E-state index in [-0.39, 0.29) is 12.4 Å². The summed E-state index contributed by atoms with van der Waals surface area (Å²) in [6.07, 6.45) is 1.51. The lowest BCUT2D eigenvalue weighted by atomic mass is 10.3. The van der Waals surface area contributed by atoms with Gasteiger partial charge in [0.05, 0.1) is 11.3 Å². The first-order valence-electron chi connectivity index (χ1n) is 2.59. The second-order valence-corrected chi connectivity index (χ2v) is 1.98. The fourth-order valence-corrected chi connectivity index (χ4v) is 0.823. The quantitative estimate of drug-likeness (QED) is 0.657. The Morgan fingerprint density at radius 3 is 2.50 bits per heavy atom. The van der Waals surface area contributed by atoms with Gasteiger partial charge in [0.25, 0.3) is 5.91 Å². The van der Waals surface area contributed by atoms with Crippen LogP contribution in [0.25, 0.3) is 11.3 Å². The highest BCUT2D eigenvalue weighted by Crippen LogP contribution is 2.34. The Balaban J connectivity index is 0.000000500. The number of pyridine rings is 1. The zero-order chi connectivity index (χ0) is 6.43. The van der Waals surface area contributed by atoms with E-state index in [1.54, 1.807) is 0 Å². The summed E-state index contributed by atoms with van der Waals surface area (Å²) in [5, 5.41) is 0.